The van der Waals surface area contributed by atoms with Gasteiger partial charge in [0, 0.05) is 24.5 Å². The van der Waals surface area contributed by atoms with Crippen molar-refractivity contribution in [3.05, 3.63) is 63.2 Å². The summed E-state index contributed by atoms with van der Waals surface area (Å²) in [6, 6.07) is 10.3. The van der Waals surface area contributed by atoms with Gasteiger partial charge in [0.1, 0.15) is 4.21 Å². The van der Waals surface area contributed by atoms with Crippen LogP contribution in [0.2, 0.25) is 5.02 Å². The number of benzene rings is 1. The summed E-state index contributed by atoms with van der Waals surface area (Å²) < 4.78 is 27.4. The molecule has 1 N–H and O–H groups in total. The average molecular weight is 453 g/mol. The Kier molecular flexibility index (Phi) is 6.13. The number of nitrogens with one attached hydrogen (secondary N) is 1. The Morgan fingerprint density at radius 3 is 2.38 bits per heavy atom. The Balaban J connectivity index is 1.67. The van der Waals surface area contributed by atoms with Crippen molar-refractivity contribution in [3.8, 4) is 5.69 Å². The normalized spacial score (nSPS) is 11.8. The number of thiophene rings is 1. The molecule has 2 aromatic heterocycles. The lowest BCUT2D eigenvalue weighted by Crippen LogP contribution is -2.22. The Bertz CT molecular complexity index is 1150. The molecule has 0 atom stereocenters. The van der Waals surface area contributed by atoms with Crippen LogP contribution in [0.15, 0.2) is 40.6 Å². The highest BCUT2D eigenvalue weighted by Gasteiger charge is 2.19. The number of amides is 1. The van der Waals surface area contributed by atoms with Crippen molar-refractivity contribution < 1.29 is 13.2 Å². The third kappa shape index (κ3) is 4.37. The van der Waals surface area contributed by atoms with E-state index in [1.807, 2.05) is 13.8 Å². The largest absolute Gasteiger partial charge is 0.347 e. The highest BCUT2D eigenvalue weighted by molar-refractivity contribution is 7.91. The lowest BCUT2D eigenvalue weighted by Gasteiger charge is -2.08. The van der Waals surface area contributed by atoms with E-state index in [-0.39, 0.29) is 16.7 Å². The second-order valence-corrected chi connectivity index (χ2v) is 10.6. The molecule has 0 aliphatic carbocycles. The van der Waals surface area contributed by atoms with E-state index < -0.39 is 10.0 Å². The Morgan fingerprint density at radius 1 is 1.17 bits per heavy atom. The first kappa shape index (κ1) is 21.5. The minimum atomic E-state index is -3.46. The summed E-state index contributed by atoms with van der Waals surface area (Å²) in [6.45, 7) is 3.98. The van der Waals surface area contributed by atoms with E-state index in [9.17, 15) is 13.2 Å². The Morgan fingerprint density at radius 2 is 1.83 bits per heavy atom. The zero-order valence-electron chi connectivity index (χ0n) is 16.4. The zero-order valence-corrected chi connectivity index (χ0v) is 18.8. The molecule has 1 aromatic carbocycles. The average Bonchev–Trinajstić information content (AvgIpc) is 3.27. The maximum Gasteiger partial charge on any atom is 0.252 e. The molecule has 3 aromatic rings. The first-order chi connectivity index (χ1) is 13.6. The number of carbonyl (C=O) groups excluding carboxylic acids is 1. The molecule has 0 radical (unpaired) electrons. The molecule has 0 saturated carbocycles. The van der Waals surface area contributed by atoms with Gasteiger partial charge in [-0.3, -0.25) is 4.79 Å². The van der Waals surface area contributed by atoms with E-state index in [1.54, 1.807) is 41.1 Å². The number of hydrogen-bond acceptors (Lipinski definition) is 5. The number of aromatic nitrogens is 2. The smallest absolute Gasteiger partial charge is 0.252 e. The summed E-state index contributed by atoms with van der Waals surface area (Å²) in [5, 5.41) is 7.83. The lowest BCUT2D eigenvalue weighted by molar-refractivity contribution is 0.0951. The molecule has 1 amide bonds. The Labute approximate surface area is 179 Å². The molecule has 0 aliphatic rings. The maximum absolute atomic E-state index is 12.4. The molecular weight excluding hydrogens is 432 g/mol. The van der Waals surface area contributed by atoms with Gasteiger partial charge in [-0.15, -0.1) is 11.3 Å². The number of sulfonamides is 1. The fourth-order valence-corrected chi connectivity index (χ4v) is 5.25. The minimum Gasteiger partial charge on any atom is -0.347 e. The fourth-order valence-electron chi connectivity index (χ4n) is 2.67. The molecule has 2 heterocycles. The molecule has 154 valence electrons. The second-order valence-electron chi connectivity index (χ2n) is 6.63. The molecule has 7 nitrogen and oxygen atoms in total. The molecule has 0 saturated heterocycles. The van der Waals surface area contributed by atoms with Gasteiger partial charge >= 0.3 is 0 Å². The second kappa shape index (κ2) is 8.27. The summed E-state index contributed by atoms with van der Waals surface area (Å²) >= 11 is 7.33. The number of aryl methyl sites for hydroxylation is 1. The number of rotatable bonds is 6. The summed E-state index contributed by atoms with van der Waals surface area (Å²) in [4.78, 5) is 13.2. The monoisotopic (exact) mass is 452 g/mol. The van der Waals surface area contributed by atoms with Gasteiger partial charge in [0.2, 0.25) is 0 Å². The van der Waals surface area contributed by atoms with Crippen molar-refractivity contribution in [1.29, 1.82) is 0 Å². The molecule has 10 heteroatoms. The van der Waals surface area contributed by atoms with Crippen molar-refractivity contribution in [2.45, 2.75) is 24.6 Å². The first-order valence-electron chi connectivity index (χ1n) is 8.73. The van der Waals surface area contributed by atoms with E-state index in [1.165, 1.54) is 18.4 Å². The van der Waals surface area contributed by atoms with Crippen LogP contribution in [0.25, 0.3) is 5.69 Å². The van der Waals surface area contributed by atoms with E-state index in [0.717, 1.165) is 33.3 Å². The minimum absolute atomic E-state index is 0.242. The molecule has 0 spiro atoms. The molecule has 0 unspecified atom stereocenters. The summed E-state index contributed by atoms with van der Waals surface area (Å²) in [5.74, 6) is -0.242. The molecule has 3 rings (SSSR count). The highest BCUT2D eigenvalue weighted by Crippen LogP contribution is 2.24. The van der Waals surface area contributed by atoms with Gasteiger partial charge in [0.05, 0.1) is 28.6 Å². The predicted octanol–water partition coefficient (Wildman–Crippen LogP) is 3.38. The van der Waals surface area contributed by atoms with Crippen LogP contribution in [-0.4, -0.2) is 42.5 Å². The van der Waals surface area contributed by atoms with Crippen LogP contribution in [0.5, 0.6) is 0 Å². The van der Waals surface area contributed by atoms with Crippen LogP contribution in [-0.2, 0) is 16.6 Å². The number of hydrogen-bond donors (Lipinski definition) is 1. The predicted molar refractivity (Wildman–Crippen MR) is 114 cm³/mol. The van der Waals surface area contributed by atoms with Crippen molar-refractivity contribution in [2.24, 2.45) is 0 Å². The van der Waals surface area contributed by atoms with Crippen LogP contribution in [0, 0.1) is 13.8 Å². The van der Waals surface area contributed by atoms with Gasteiger partial charge in [0.15, 0.2) is 0 Å². The number of carbonyl (C=O) groups is 1. The van der Waals surface area contributed by atoms with Crippen LogP contribution in [0.4, 0.5) is 0 Å². The van der Waals surface area contributed by atoms with Crippen LogP contribution in [0.1, 0.15) is 26.6 Å². The van der Waals surface area contributed by atoms with Crippen LogP contribution >= 0.6 is 22.9 Å². The van der Waals surface area contributed by atoms with Crippen molar-refractivity contribution in [3.63, 3.8) is 0 Å². The number of nitrogens with zero attached hydrogens (tertiary/aromatic N) is 3. The number of halogens is 1. The van der Waals surface area contributed by atoms with E-state index in [0.29, 0.717) is 10.6 Å². The summed E-state index contributed by atoms with van der Waals surface area (Å²) in [5.41, 5.74) is 2.89. The Hall–Kier alpha value is -2.20. The first-order valence-corrected chi connectivity index (χ1v) is 11.4. The van der Waals surface area contributed by atoms with Gasteiger partial charge in [0.25, 0.3) is 15.9 Å². The molecule has 0 fully saturated rings. The van der Waals surface area contributed by atoms with E-state index in [4.69, 9.17) is 11.6 Å². The fraction of sp³-hybridized carbons (Fsp3) is 0.263. The van der Waals surface area contributed by atoms with Gasteiger partial charge in [-0.1, -0.05) is 11.6 Å². The third-order valence-corrected chi connectivity index (χ3v) is 8.29. The lowest BCUT2D eigenvalue weighted by atomic mass is 10.2. The van der Waals surface area contributed by atoms with E-state index >= 15 is 0 Å². The molecular formula is C19H21ClN4O3S2. The van der Waals surface area contributed by atoms with Crippen molar-refractivity contribution in [1.82, 2.24) is 19.4 Å². The van der Waals surface area contributed by atoms with Gasteiger partial charge in [-0.2, -0.15) is 5.10 Å². The molecule has 29 heavy (non-hydrogen) atoms. The maximum atomic E-state index is 12.4. The van der Waals surface area contributed by atoms with Crippen molar-refractivity contribution in [2.75, 3.05) is 14.1 Å². The SMILES string of the molecule is Cc1nn(-c2ccc(C(=O)NCc3ccc(S(=O)(=O)N(C)C)s3)cc2)c(C)c1Cl. The van der Waals surface area contributed by atoms with Gasteiger partial charge in [-0.05, 0) is 50.2 Å². The summed E-state index contributed by atoms with van der Waals surface area (Å²) in [7, 11) is -0.489. The summed E-state index contributed by atoms with van der Waals surface area (Å²) in [6.07, 6.45) is 0. The molecule has 0 aliphatic heterocycles. The zero-order chi connectivity index (χ0) is 21.3. The topological polar surface area (TPSA) is 84.3 Å². The van der Waals surface area contributed by atoms with E-state index in [2.05, 4.69) is 10.4 Å². The van der Waals surface area contributed by atoms with Gasteiger partial charge < -0.3 is 5.32 Å². The van der Waals surface area contributed by atoms with Crippen LogP contribution in [0.3, 0.4) is 0 Å². The quantitative estimate of drug-likeness (QED) is 0.621. The van der Waals surface area contributed by atoms with Crippen molar-refractivity contribution >= 4 is 38.9 Å². The highest BCUT2D eigenvalue weighted by atomic mass is 35.5. The standard InChI is InChI=1S/C19H21ClN4O3S2/c1-12-18(20)13(2)24(22-12)15-7-5-14(6-8-15)19(25)21-11-16-9-10-17(28-16)29(26,27)23(3)4/h5-10H,11H2,1-4H3,(H,21,25). The van der Waals surface area contributed by atoms with Gasteiger partial charge in [-0.25, -0.2) is 17.4 Å². The molecule has 0 bridgehead atoms. The third-order valence-electron chi connectivity index (χ3n) is 4.37. The van der Waals surface area contributed by atoms with Crippen LogP contribution < -0.4 is 5.32 Å².